The third-order valence-electron chi connectivity index (χ3n) is 2.02. The van der Waals surface area contributed by atoms with Crippen LogP contribution in [0.25, 0.3) is 6.08 Å². The molecule has 0 saturated heterocycles. The molecule has 0 aliphatic heterocycles. The van der Waals surface area contributed by atoms with Gasteiger partial charge in [-0.15, -0.1) is 0 Å². The molecular formula is C12H15ClO3. The van der Waals surface area contributed by atoms with Gasteiger partial charge in [-0.2, -0.15) is 0 Å². The third kappa shape index (κ3) is 3.15. The van der Waals surface area contributed by atoms with Crippen LogP contribution in [0.4, 0.5) is 0 Å². The molecular weight excluding hydrogens is 228 g/mol. The molecule has 0 aromatic heterocycles. The first-order chi connectivity index (χ1) is 7.58. The fraction of sp³-hybridized carbons (Fsp3) is 0.333. The van der Waals surface area contributed by atoms with Crippen LogP contribution in [0.15, 0.2) is 18.2 Å². The molecule has 1 aromatic carbocycles. The molecule has 1 unspecified atom stereocenters. The number of halogens is 1. The minimum absolute atomic E-state index is 0.479. The first kappa shape index (κ1) is 12.9. The standard InChI is InChI=1S/C12H15ClO3/c1-8(14)4-5-9-6-10(13)12(16-3)11(7-9)15-2/h4-8,14H,1-3H3/b5-4+. The maximum absolute atomic E-state index is 9.13. The van der Waals surface area contributed by atoms with Crippen molar-refractivity contribution in [3.8, 4) is 11.5 Å². The van der Waals surface area contributed by atoms with Crippen molar-refractivity contribution in [1.29, 1.82) is 0 Å². The Hall–Kier alpha value is -1.19. The van der Waals surface area contributed by atoms with Crippen molar-refractivity contribution in [2.45, 2.75) is 13.0 Å². The quantitative estimate of drug-likeness (QED) is 0.883. The van der Waals surface area contributed by atoms with E-state index in [2.05, 4.69) is 0 Å². The average molecular weight is 243 g/mol. The normalized spacial score (nSPS) is 12.8. The second kappa shape index (κ2) is 5.77. The van der Waals surface area contributed by atoms with Crippen LogP contribution < -0.4 is 9.47 Å². The summed E-state index contributed by atoms with van der Waals surface area (Å²) in [7, 11) is 3.09. The molecule has 1 rings (SSSR count). The molecule has 0 aliphatic rings. The summed E-state index contributed by atoms with van der Waals surface area (Å²) in [6.45, 7) is 1.68. The highest BCUT2D eigenvalue weighted by Crippen LogP contribution is 2.36. The van der Waals surface area contributed by atoms with Crippen LogP contribution >= 0.6 is 11.6 Å². The van der Waals surface area contributed by atoms with Gasteiger partial charge in [0.15, 0.2) is 11.5 Å². The molecule has 16 heavy (non-hydrogen) atoms. The van der Waals surface area contributed by atoms with Crippen LogP contribution in [0.5, 0.6) is 11.5 Å². The SMILES string of the molecule is COc1cc(/C=C/C(C)O)cc(Cl)c1OC. The first-order valence-electron chi connectivity index (χ1n) is 4.86. The van der Waals surface area contributed by atoms with Gasteiger partial charge < -0.3 is 14.6 Å². The third-order valence-corrected chi connectivity index (χ3v) is 2.30. The lowest BCUT2D eigenvalue weighted by Crippen LogP contribution is -1.93. The smallest absolute Gasteiger partial charge is 0.179 e. The van der Waals surface area contributed by atoms with E-state index in [4.69, 9.17) is 26.2 Å². The fourth-order valence-electron chi connectivity index (χ4n) is 1.28. The Labute approximate surface area is 100 Å². The monoisotopic (exact) mass is 242 g/mol. The second-order valence-electron chi connectivity index (χ2n) is 3.34. The Bertz CT molecular complexity index is 386. The van der Waals surface area contributed by atoms with Crippen LogP contribution in [-0.2, 0) is 0 Å². The topological polar surface area (TPSA) is 38.7 Å². The zero-order valence-electron chi connectivity index (χ0n) is 9.53. The maximum Gasteiger partial charge on any atom is 0.179 e. The molecule has 1 atom stereocenters. The number of rotatable bonds is 4. The largest absolute Gasteiger partial charge is 0.493 e. The lowest BCUT2D eigenvalue weighted by atomic mass is 10.1. The summed E-state index contributed by atoms with van der Waals surface area (Å²) in [5.74, 6) is 1.08. The zero-order chi connectivity index (χ0) is 12.1. The number of aliphatic hydroxyl groups is 1. The Morgan fingerprint density at radius 2 is 2.00 bits per heavy atom. The summed E-state index contributed by atoms with van der Waals surface area (Å²) in [5.41, 5.74) is 0.851. The average Bonchev–Trinajstić information content (AvgIpc) is 2.25. The van der Waals surface area contributed by atoms with Crippen molar-refractivity contribution in [1.82, 2.24) is 0 Å². The summed E-state index contributed by atoms with van der Waals surface area (Å²) in [6.07, 6.45) is 2.95. The van der Waals surface area contributed by atoms with Crippen LogP contribution in [0, 0.1) is 0 Å². The molecule has 0 radical (unpaired) electrons. The van der Waals surface area contributed by atoms with Crippen LogP contribution in [0.2, 0.25) is 5.02 Å². The number of aliphatic hydroxyl groups excluding tert-OH is 1. The van der Waals surface area contributed by atoms with E-state index >= 15 is 0 Å². The molecule has 0 bridgehead atoms. The molecule has 88 valence electrons. The molecule has 4 heteroatoms. The van der Waals surface area contributed by atoms with Crippen LogP contribution in [0.1, 0.15) is 12.5 Å². The van der Waals surface area contributed by atoms with Crippen molar-refractivity contribution in [3.05, 3.63) is 28.8 Å². The first-order valence-corrected chi connectivity index (χ1v) is 5.24. The van der Waals surface area contributed by atoms with Gasteiger partial charge in [0.2, 0.25) is 0 Å². The van der Waals surface area contributed by atoms with Crippen LogP contribution in [0.3, 0.4) is 0 Å². The highest BCUT2D eigenvalue weighted by molar-refractivity contribution is 6.32. The van der Waals surface area contributed by atoms with E-state index in [0.717, 1.165) is 5.56 Å². The van der Waals surface area contributed by atoms with Crippen LogP contribution in [-0.4, -0.2) is 25.4 Å². The minimum atomic E-state index is -0.494. The number of ether oxygens (including phenoxy) is 2. The number of methoxy groups -OCH3 is 2. The van der Waals surface area contributed by atoms with E-state index < -0.39 is 6.10 Å². The molecule has 0 spiro atoms. The van der Waals surface area contributed by atoms with Crippen molar-refractivity contribution in [2.24, 2.45) is 0 Å². The highest BCUT2D eigenvalue weighted by Gasteiger charge is 2.09. The Morgan fingerprint density at radius 1 is 1.31 bits per heavy atom. The lowest BCUT2D eigenvalue weighted by molar-refractivity contribution is 0.245. The van der Waals surface area contributed by atoms with E-state index in [-0.39, 0.29) is 0 Å². The van der Waals surface area contributed by atoms with E-state index in [1.54, 1.807) is 38.3 Å². The van der Waals surface area contributed by atoms with Gasteiger partial charge in [-0.1, -0.05) is 23.8 Å². The van der Waals surface area contributed by atoms with Crippen molar-refractivity contribution < 1.29 is 14.6 Å². The van der Waals surface area contributed by atoms with E-state index in [9.17, 15) is 0 Å². The summed E-state index contributed by atoms with van der Waals surface area (Å²) < 4.78 is 10.3. The molecule has 0 amide bonds. The molecule has 0 heterocycles. The van der Waals surface area contributed by atoms with E-state index in [1.165, 1.54) is 7.11 Å². The molecule has 0 saturated carbocycles. The van der Waals surface area contributed by atoms with E-state index in [1.807, 2.05) is 0 Å². The number of hydrogen-bond donors (Lipinski definition) is 1. The van der Waals surface area contributed by atoms with Gasteiger partial charge in [0, 0.05) is 0 Å². The Kier molecular flexibility index (Phi) is 4.65. The van der Waals surface area contributed by atoms with Gasteiger partial charge in [-0.25, -0.2) is 0 Å². The van der Waals surface area contributed by atoms with Crippen molar-refractivity contribution in [3.63, 3.8) is 0 Å². The van der Waals surface area contributed by atoms with E-state index in [0.29, 0.717) is 16.5 Å². The van der Waals surface area contributed by atoms with Gasteiger partial charge >= 0.3 is 0 Å². The predicted molar refractivity (Wildman–Crippen MR) is 65.3 cm³/mol. The molecule has 0 aliphatic carbocycles. The molecule has 1 aromatic rings. The lowest BCUT2D eigenvalue weighted by Gasteiger charge is -2.10. The van der Waals surface area contributed by atoms with Gasteiger partial charge in [0.05, 0.1) is 25.3 Å². The summed E-state index contributed by atoms with van der Waals surface area (Å²) in [6, 6.07) is 3.55. The minimum Gasteiger partial charge on any atom is -0.493 e. The number of hydrogen-bond acceptors (Lipinski definition) is 3. The van der Waals surface area contributed by atoms with Crippen molar-refractivity contribution >= 4 is 17.7 Å². The summed E-state index contributed by atoms with van der Waals surface area (Å²) in [4.78, 5) is 0. The van der Waals surface area contributed by atoms with Crippen molar-refractivity contribution in [2.75, 3.05) is 14.2 Å². The molecule has 1 N–H and O–H groups in total. The maximum atomic E-state index is 9.13. The predicted octanol–water partition coefficient (Wildman–Crippen LogP) is 2.75. The van der Waals surface area contributed by atoms with Gasteiger partial charge in [-0.3, -0.25) is 0 Å². The zero-order valence-corrected chi connectivity index (χ0v) is 10.3. The second-order valence-corrected chi connectivity index (χ2v) is 3.75. The van der Waals surface area contributed by atoms with Gasteiger partial charge in [0.1, 0.15) is 0 Å². The molecule has 0 fully saturated rings. The Morgan fingerprint density at radius 3 is 2.50 bits per heavy atom. The fourth-order valence-corrected chi connectivity index (χ4v) is 1.58. The van der Waals surface area contributed by atoms with Gasteiger partial charge in [-0.05, 0) is 24.6 Å². The molecule has 3 nitrogen and oxygen atoms in total. The highest BCUT2D eigenvalue weighted by atomic mass is 35.5. The number of benzene rings is 1. The summed E-state index contributed by atoms with van der Waals surface area (Å²) >= 11 is 6.03. The van der Waals surface area contributed by atoms with Gasteiger partial charge in [0.25, 0.3) is 0 Å². The Balaban J connectivity index is 3.10. The summed E-state index contributed by atoms with van der Waals surface area (Å²) in [5, 5.41) is 9.61.